The second-order valence-corrected chi connectivity index (χ2v) is 8.37. The summed E-state index contributed by atoms with van der Waals surface area (Å²) in [6.07, 6.45) is 6.22. The lowest BCUT2D eigenvalue weighted by molar-refractivity contribution is -0.133. The van der Waals surface area contributed by atoms with Crippen molar-refractivity contribution in [3.63, 3.8) is 0 Å². The number of carbonyl (C=O) groups is 2. The molecule has 1 atom stereocenters. The fraction of sp³-hybridized carbons (Fsp3) is 0.619. The molecule has 28 heavy (non-hydrogen) atoms. The number of likely N-dealkylation sites (tertiary alicyclic amines) is 1. The summed E-state index contributed by atoms with van der Waals surface area (Å²) in [7, 11) is 0. The Kier molecular flexibility index (Phi) is 6.96. The van der Waals surface area contributed by atoms with Gasteiger partial charge in [0.25, 0.3) is 0 Å². The number of amides is 2. The van der Waals surface area contributed by atoms with Gasteiger partial charge in [-0.15, -0.1) is 12.4 Å². The van der Waals surface area contributed by atoms with Gasteiger partial charge >= 0.3 is 0 Å². The van der Waals surface area contributed by atoms with Crippen molar-refractivity contribution in [1.29, 1.82) is 0 Å². The first-order chi connectivity index (χ1) is 13.1. The van der Waals surface area contributed by atoms with Crippen LogP contribution >= 0.6 is 12.4 Å². The van der Waals surface area contributed by atoms with Gasteiger partial charge in [0.2, 0.25) is 11.8 Å². The highest BCUT2D eigenvalue weighted by Gasteiger charge is 2.35. The van der Waals surface area contributed by atoms with Crippen LogP contribution in [0.4, 0.5) is 5.69 Å². The van der Waals surface area contributed by atoms with Crippen LogP contribution in [-0.2, 0) is 16.1 Å². The van der Waals surface area contributed by atoms with E-state index in [4.69, 9.17) is 0 Å². The van der Waals surface area contributed by atoms with Crippen molar-refractivity contribution in [2.24, 2.45) is 5.41 Å². The third-order valence-electron chi connectivity index (χ3n) is 6.49. The minimum Gasteiger partial charge on any atom is -0.374 e. The molecule has 3 N–H and O–H groups in total. The topological polar surface area (TPSA) is 73.5 Å². The maximum absolute atomic E-state index is 12.0. The quantitative estimate of drug-likeness (QED) is 0.669. The van der Waals surface area contributed by atoms with E-state index in [0.717, 1.165) is 12.2 Å². The molecule has 1 aromatic rings. The van der Waals surface area contributed by atoms with Gasteiger partial charge < -0.3 is 10.6 Å². The first-order valence-corrected chi connectivity index (χ1v) is 10.2. The Morgan fingerprint density at radius 2 is 1.86 bits per heavy atom. The molecule has 0 aliphatic carbocycles. The van der Waals surface area contributed by atoms with Crippen LogP contribution in [0.15, 0.2) is 24.3 Å². The van der Waals surface area contributed by atoms with E-state index in [-0.39, 0.29) is 30.3 Å². The fourth-order valence-corrected chi connectivity index (χ4v) is 4.69. The van der Waals surface area contributed by atoms with E-state index in [1.807, 2.05) is 12.1 Å². The van der Waals surface area contributed by atoms with Crippen molar-refractivity contribution < 1.29 is 9.59 Å². The van der Waals surface area contributed by atoms with Crippen molar-refractivity contribution in [2.45, 2.75) is 51.1 Å². The molecule has 0 radical (unpaired) electrons. The number of piperidine rings is 3. The molecule has 7 heteroatoms. The van der Waals surface area contributed by atoms with Crippen LogP contribution in [0.1, 0.15) is 44.1 Å². The molecule has 3 aliphatic heterocycles. The number of nitrogens with zero attached hydrogens (tertiary/aromatic N) is 1. The number of carbonyl (C=O) groups excluding carboxylic acids is 2. The SMILES string of the molecule is Cl.O=C1CCC(Nc2cccc(CN3CCC4(CCNCC4)CC3)c2)C(=O)N1. The van der Waals surface area contributed by atoms with Crippen molar-refractivity contribution >= 4 is 29.9 Å². The lowest BCUT2D eigenvalue weighted by Gasteiger charge is -2.44. The van der Waals surface area contributed by atoms with Gasteiger partial charge in [0.1, 0.15) is 6.04 Å². The highest BCUT2D eigenvalue weighted by atomic mass is 35.5. The summed E-state index contributed by atoms with van der Waals surface area (Å²) in [4.78, 5) is 25.8. The maximum atomic E-state index is 12.0. The van der Waals surface area contributed by atoms with Gasteiger partial charge in [-0.05, 0) is 81.4 Å². The third kappa shape index (κ3) is 5.04. The summed E-state index contributed by atoms with van der Waals surface area (Å²) < 4.78 is 0. The molecular weight excluding hydrogens is 376 g/mol. The normalized spacial score (nSPS) is 25.1. The number of hydrogen-bond acceptors (Lipinski definition) is 5. The number of rotatable bonds is 4. The van der Waals surface area contributed by atoms with Gasteiger partial charge in [-0.2, -0.15) is 0 Å². The number of anilines is 1. The van der Waals surface area contributed by atoms with Gasteiger partial charge in [0, 0.05) is 18.7 Å². The predicted octanol–water partition coefficient (Wildman–Crippen LogP) is 2.29. The average Bonchev–Trinajstić information content (AvgIpc) is 2.67. The molecule has 0 aromatic heterocycles. The molecule has 0 bridgehead atoms. The largest absolute Gasteiger partial charge is 0.374 e. The molecule has 2 amide bonds. The molecule has 4 rings (SSSR count). The Bertz CT molecular complexity index is 695. The van der Waals surface area contributed by atoms with Crippen LogP contribution in [-0.4, -0.2) is 48.9 Å². The summed E-state index contributed by atoms with van der Waals surface area (Å²) in [6, 6.07) is 8.01. The maximum Gasteiger partial charge on any atom is 0.249 e. The monoisotopic (exact) mass is 406 g/mol. The number of halogens is 1. The van der Waals surface area contributed by atoms with E-state index in [2.05, 4.69) is 33.0 Å². The summed E-state index contributed by atoms with van der Waals surface area (Å²) in [5, 5.41) is 9.18. The Hall–Kier alpha value is -1.63. The predicted molar refractivity (Wildman–Crippen MR) is 113 cm³/mol. The second kappa shape index (κ2) is 9.25. The number of benzene rings is 1. The minimum atomic E-state index is -0.326. The first kappa shape index (κ1) is 21.1. The molecule has 0 saturated carbocycles. The van der Waals surface area contributed by atoms with Gasteiger partial charge in [-0.1, -0.05) is 12.1 Å². The zero-order valence-electron chi connectivity index (χ0n) is 16.3. The van der Waals surface area contributed by atoms with E-state index in [1.54, 1.807) is 0 Å². The van der Waals surface area contributed by atoms with Crippen LogP contribution in [0.5, 0.6) is 0 Å². The zero-order chi connectivity index (χ0) is 18.7. The van der Waals surface area contributed by atoms with Crippen molar-refractivity contribution in [3.05, 3.63) is 29.8 Å². The van der Waals surface area contributed by atoms with E-state index < -0.39 is 0 Å². The van der Waals surface area contributed by atoms with Crippen LogP contribution in [0.25, 0.3) is 0 Å². The minimum absolute atomic E-state index is 0. The molecule has 3 heterocycles. The molecule has 1 unspecified atom stereocenters. The van der Waals surface area contributed by atoms with Gasteiger partial charge in [0.05, 0.1) is 0 Å². The molecule has 154 valence electrons. The summed E-state index contributed by atoms with van der Waals surface area (Å²) in [5.74, 6) is -0.400. The third-order valence-corrected chi connectivity index (χ3v) is 6.49. The van der Waals surface area contributed by atoms with Crippen molar-refractivity contribution in [3.8, 4) is 0 Å². The Labute approximate surface area is 173 Å². The highest BCUT2D eigenvalue weighted by Crippen LogP contribution is 2.39. The van der Waals surface area contributed by atoms with Crippen molar-refractivity contribution in [1.82, 2.24) is 15.5 Å². The van der Waals surface area contributed by atoms with Crippen LogP contribution in [0, 0.1) is 5.41 Å². The van der Waals surface area contributed by atoms with Crippen LogP contribution < -0.4 is 16.0 Å². The number of hydrogen-bond donors (Lipinski definition) is 3. The van der Waals surface area contributed by atoms with E-state index in [9.17, 15) is 9.59 Å². The molecule has 3 saturated heterocycles. The lowest BCUT2D eigenvalue weighted by atomic mass is 9.71. The Morgan fingerprint density at radius 1 is 1.11 bits per heavy atom. The van der Waals surface area contributed by atoms with Gasteiger partial charge in [0.15, 0.2) is 0 Å². The van der Waals surface area contributed by atoms with E-state index in [0.29, 0.717) is 18.3 Å². The zero-order valence-corrected chi connectivity index (χ0v) is 17.2. The Morgan fingerprint density at radius 3 is 2.57 bits per heavy atom. The summed E-state index contributed by atoms with van der Waals surface area (Å²) >= 11 is 0. The molecule has 6 nitrogen and oxygen atoms in total. The molecular formula is C21H31ClN4O2. The van der Waals surface area contributed by atoms with Crippen LogP contribution in [0.3, 0.4) is 0 Å². The summed E-state index contributed by atoms with van der Waals surface area (Å²) in [5.41, 5.74) is 2.80. The smallest absolute Gasteiger partial charge is 0.249 e. The van der Waals surface area contributed by atoms with Gasteiger partial charge in [-0.3, -0.25) is 19.8 Å². The molecule has 3 aliphatic rings. The second-order valence-electron chi connectivity index (χ2n) is 8.37. The van der Waals surface area contributed by atoms with Crippen LogP contribution in [0.2, 0.25) is 0 Å². The Balaban J connectivity index is 0.00000225. The van der Waals surface area contributed by atoms with E-state index in [1.165, 1.54) is 57.4 Å². The number of imide groups is 1. The molecule has 1 spiro atoms. The number of nitrogens with one attached hydrogen (secondary N) is 3. The van der Waals surface area contributed by atoms with Gasteiger partial charge in [-0.25, -0.2) is 0 Å². The summed E-state index contributed by atoms with van der Waals surface area (Å²) in [6.45, 7) is 5.65. The van der Waals surface area contributed by atoms with Crippen molar-refractivity contribution in [2.75, 3.05) is 31.5 Å². The molecule has 1 aromatic carbocycles. The standard InChI is InChI=1S/C21H30N4O2.ClH/c26-19-5-4-18(20(27)24-19)23-17-3-1-2-16(14-17)15-25-12-8-21(9-13-25)6-10-22-11-7-21;/h1-3,14,18,22-23H,4-13,15H2,(H,24,26,27);1H. The first-order valence-electron chi connectivity index (χ1n) is 10.2. The highest BCUT2D eigenvalue weighted by molar-refractivity contribution is 6.01. The average molecular weight is 407 g/mol. The molecule has 3 fully saturated rings. The lowest BCUT2D eigenvalue weighted by Crippen LogP contribution is -2.47. The fourth-order valence-electron chi connectivity index (χ4n) is 4.69. The van der Waals surface area contributed by atoms with E-state index >= 15 is 0 Å².